The molecule has 3 heteroatoms. The third-order valence-corrected chi connectivity index (χ3v) is 13.1. The number of hydrogen-bond acceptors (Lipinski definition) is 2. The van der Waals surface area contributed by atoms with Crippen LogP contribution in [0, 0.1) is 0 Å². The minimum atomic E-state index is -0.482. The number of aliphatic imine (C=N–C) groups is 1. The summed E-state index contributed by atoms with van der Waals surface area (Å²) in [6, 6.07) is 78.5. The highest BCUT2D eigenvalue weighted by Gasteiger charge is 2.50. The van der Waals surface area contributed by atoms with Crippen LogP contribution in [0.4, 0.5) is 0 Å². The van der Waals surface area contributed by atoms with Crippen LogP contribution in [-0.4, -0.2) is 10.3 Å². The highest BCUT2D eigenvalue weighted by atomic mass is 16.5. The van der Waals surface area contributed by atoms with Crippen molar-refractivity contribution in [1.82, 2.24) is 4.57 Å². The zero-order valence-electron chi connectivity index (χ0n) is 34.9. The number of ether oxygens (including phenoxy) is 1. The van der Waals surface area contributed by atoms with Gasteiger partial charge in [0.2, 0.25) is 0 Å². The van der Waals surface area contributed by atoms with Gasteiger partial charge in [0.05, 0.1) is 34.4 Å². The average Bonchev–Trinajstić information content (AvgIpc) is 3.84. The summed E-state index contributed by atoms with van der Waals surface area (Å²) in [5.41, 5.74) is 19.0. The van der Waals surface area contributed by atoms with Crippen LogP contribution in [0.2, 0.25) is 0 Å². The van der Waals surface area contributed by atoms with Gasteiger partial charge in [-0.15, -0.1) is 0 Å². The molecular formula is C60H42N2O. The second-order valence-electron chi connectivity index (χ2n) is 16.7. The standard InChI is InChI=1S/C60H42N2O/c1-40(42-15-4-2-5-16-42)37-56(44-17-6-3-7-18-44)61-39-41-27-32-46(33-28-41)63-47-34-29-43(30-35-47)45-31-36-49-48-19-8-10-22-52(48)60(55(49)38-45)53-23-11-13-26-58(53)62-57-25-12-9-20-50(57)51-21-14-24-54(60)59(51)62/h2-38H,39H2,1H3/b40-37+,61-56+. The lowest BCUT2D eigenvalue weighted by molar-refractivity contribution is 0.482. The molecule has 1 atom stereocenters. The van der Waals surface area contributed by atoms with Crippen molar-refractivity contribution in [2.75, 3.05) is 0 Å². The summed E-state index contributed by atoms with van der Waals surface area (Å²) < 4.78 is 8.91. The molecule has 1 aliphatic carbocycles. The Labute approximate surface area is 367 Å². The number of nitrogens with zero attached hydrogens (tertiary/aromatic N) is 2. The first kappa shape index (κ1) is 36.8. The third-order valence-electron chi connectivity index (χ3n) is 13.1. The number of rotatable bonds is 8. The zero-order chi connectivity index (χ0) is 41.9. The maximum atomic E-state index is 6.41. The SMILES string of the molecule is C/C(=C\C(=N/Cc1ccc(Oc2ccc(-c3ccc4c(c3)C3(c5ccccc5-4)c4ccccc4-n4c5ccccc5c5cccc3c54)cc2)cc1)c1ccccc1)c1ccccc1. The predicted octanol–water partition coefficient (Wildman–Crippen LogP) is 15.0. The maximum Gasteiger partial charge on any atom is 0.127 e. The van der Waals surface area contributed by atoms with Gasteiger partial charge >= 0.3 is 0 Å². The van der Waals surface area contributed by atoms with Gasteiger partial charge in [-0.1, -0.05) is 176 Å². The van der Waals surface area contributed by atoms with E-state index in [1.54, 1.807) is 0 Å². The molecule has 3 nitrogen and oxygen atoms in total. The van der Waals surface area contributed by atoms with Crippen molar-refractivity contribution in [2.24, 2.45) is 4.99 Å². The smallest absolute Gasteiger partial charge is 0.127 e. The summed E-state index contributed by atoms with van der Waals surface area (Å²) >= 11 is 0. The lowest BCUT2D eigenvalue weighted by atomic mass is 9.65. The van der Waals surface area contributed by atoms with Gasteiger partial charge in [0.25, 0.3) is 0 Å². The first-order valence-electron chi connectivity index (χ1n) is 21.7. The molecule has 1 aliphatic heterocycles. The summed E-state index contributed by atoms with van der Waals surface area (Å²) in [4.78, 5) is 5.08. The predicted molar refractivity (Wildman–Crippen MR) is 260 cm³/mol. The molecule has 0 amide bonds. The van der Waals surface area contributed by atoms with Gasteiger partial charge in [0, 0.05) is 10.8 Å². The molecule has 0 saturated carbocycles. The molecule has 63 heavy (non-hydrogen) atoms. The lowest BCUT2D eigenvalue weighted by Crippen LogP contribution is -2.33. The van der Waals surface area contributed by atoms with E-state index in [9.17, 15) is 0 Å². The topological polar surface area (TPSA) is 26.5 Å². The highest BCUT2D eigenvalue weighted by Crippen LogP contribution is 2.61. The molecule has 2 aliphatic rings. The molecule has 1 spiro atoms. The number of fused-ring (bicyclic) bond motifs is 12. The minimum absolute atomic E-state index is 0.482. The number of benzene rings is 9. The molecule has 298 valence electrons. The van der Waals surface area contributed by atoms with Gasteiger partial charge in [-0.25, -0.2) is 0 Å². The minimum Gasteiger partial charge on any atom is -0.457 e. The maximum absolute atomic E-state index is 6.41. The molecule has 10 aromatic rings. The van der Waals surface area contributed by atoms with Gasteiger partial charge in [-0.05, 0) is 122 Å². The van der Waals surface area contributed by atoms with E-state index in [0.717, 1.165) is 33.9 Å². The van der Waals surface area contributed by atoms with Crippen LogP contribution < -0.4 is 4.74 Å². The summed E-state index contributed by atoms with van der Waals surface area (Å²) in [7, 11) is 0. The van der Waals surface area contributed by atoms with Crippen molar-refractivity contribution in [1.29, 1.82) is 0 Å². The van der Waals surface area contributed by atoms with Crippen LogP contribution in [0.15, 0.2) is 229 Å². The van der Waals surface area contributed by atoms with E-state index in [1.807, 2.05) is 24.3 Å². The van der Waals surface area contributed by atoms with Gasteiger partial charge < -0.3 is 9.30 Å². The summed E-state index contributed by atoms with van der Waals surface area (Å²) in [6.45, 7) is 2.71. The van der Waals surface area contributed by atoms with Crippen LogP contribution in [0.3, 0.4) is 0 Å². The number of para-hydroxylation sites is 3. The molecule has 1 aromatic heterocycles. The Kier molecular flexibility index (Phi) is 8.68. The third kappa shape index (κ3) is 5.92. The largest absolute Gasteiger partial charge is 0.457 e. The molecule has 9 aromatic carbocycles. The Hall–Kier alpha value is -8.01. The fraction of sp³-hybridized carbons (Fsp3) is 0.0500. The van der Waals surface area contributed by atoms with E-state index in [-0.39, 0.29) is 0 Å². The van der Waals surface area contributed by atoms with E-state index in [1.165, 1.54) is 77.6 Å². The van der Waals surface area contributed by atoms with Crippen LogP contribution in [0.1, 0.15) is 45.9 Å². The van der Waals surface area contributed by atoms with Crippen molar-refractivity contribution in [3.63, 3.8) is 0 Å². The Morgan fingerprint density at radius 3 is 1.90 bits per heavy atom. The summed E-state index contributed by atoms with van der Waals surface area (Å²) in [6.07, 6.45) is 2.18. The zero-order valence-corrected chi connectivity index (χ0v) is 34.9. The molecule has 0 bridgehead atoms. The van der Waals surface area contributed by atoms with Crippen molar-refractivity contribution >= 4 is 33.1 Å². The van der Waals surface area contributed by atoms with Crippen molar-refractivity contribution in [2.45, 2.75) is 18.9 Å². The fourth-order valence-corrected chi connectivity index (χ4v) is 10.3. The molecule has 0 fully saturated rings. The Bertz CT molecular complexity index is 3430. The number of allylic oxidation sites excluding steroid dienone is 2. The highest BCUT2D eigenvalue weighted by molar-refractivity contribution is 6.13. The number of aromatic nitrogens is 1. The van der Waals surface area contributed by atoms with E-state index in [4.69, 9.17) is 9.73 Å². The average molecular weight is 807 g/mol. The van der Waals surface area contributed by atoms with Crippen LogP contribution in [0.5, 0.6) is 11.5 Å². The Morgan fingerprint density at radius 1 is 0.508 bits per heavy atom. The second kappa shape index (κ2) is 14.9. The van der Waals surface area contributed by atoms with E-state index in [0.29, 0.717) is 6.54 Å². The Balaban J connectivity index is 0.858. The van der Waals surface area contributed by atoms with Gasteiger partial charge in [-0.3, -0.25) is 4.99 Å². The summed E-state index contributed by atoms with van der Waals surface area (Å²) in [5.74, 6) is 1.58. The normalized spacial score (nSPS) is 15.1. The van der Waals surface area contributed by atoms with Crippen LogP contribution >= 0.6 is 0 Å². The molecule has 0 saturated heterocycles. The van der Waals surface area contributed by atoms with E-state index < -0.39 is 5.41 Å². The molecule has 2 heterocycles. The monoisotopic (exact) mass is 806 g/mol. The second-order valence-corrected chi connectivity index (χ2v) is 16.7. The first-order valence-corrected chi connectivity index (χ1v) is 21.7. The van der Waals surface area contributed by atoms with E-state index in [2.05, 4.69) is 212 Å². The van der Waals surface area contributed by atoms with Crippen molar-refractivity contribution in [3.8, 4) is 39.4 Å². The van der Waals surface area contributed by atoms with Gasteiger partial charge in [-0.2, -0.15) is 0 Å². The fourth-order valence-electron chi connectivity index (χ4n) is 10.3. The first-order chi connectivity index (χ1) is 31.1. The van der Waals surface area contributed by atoms with Gasteiger partial charge in [0.15, 0.2) is 0 Å². The van der Waals surface area contributed by atoms with Crippen molar-refractivity contribution in [3.05, 3.63) is 263 Å². The van der Waals surface area contributed by atoms with Crippen LogP contribution in [-0.2, 0) is 12.0 Å². The lowest BCUT2D eigenvalue weighted by Gasteiger charge is -2.39. The van der Waals surface area contributed by atoms with Crippen molar-refractivity contribution < 1.29 is 4.74 Å². The van der Waals surface area contributed by atoms with E-state index >= 15 is 0 Å². The number of hydrogen-bond donors (Lipinski definition) is 0. The van der Waals surface area contributed by atoms with Crippen LogP contribution in [0.25, 0.3) is 55.3 Å². The molecule has 1 unspecified atom stereocenters. The molecular weight excluding hydrogens is 765 g/mol. The van der Waals surface area contributed by atoms with Gasteiger partial charge in [0.1, 0.15) is 11.5 Å². The quantitative estimate of drug-likeness (QED) is 0.141. The Morgan fingerprint density at radius 2 is 1.11 bits per heavy atom. The molecule has 0 N–H and O–H groups in total. The molecule has 0 radical (unpaired) electrons. The summed E-state index contributed by atoms with van der Waals surface area (Å²) in [5, 5.41) is 2.57. The molecule has 12 rings (SSSR count).